The Morgan fingerprint density at radius 3 is 2.45 bits per heavy atom. The van der Waals surface area contributed by atoms with Gasteiger partial charge in [-0.2, -0.15) is 0 Å². The van der Waals surface area contributed by atoms with E-state index in [2.05, 4.69) is 55.2 Å². The molecular weight excluding hydrogens is 252 g/mol. The third-order valence-corrected chi connectivity index (χ3v) is 2.97. The molecule has 0 aliphatic heterocycles. The van der Waals surface area contributed by atoms with E-state index < -0.39 is 0 Å². The Morgan fingerprint density at radius 1 is 1.30 bits per heavy atom. The minimum atomic E-state index is -0.0240. The number of carbonyl (C=O) groups is 1. The maximum Gasteiger partial charge on any atom is 0.221 e. The lowest BCUT2D eigenvalue weighted by Crippen LogP contribution is -2.22. The second-order valence-corrected chi connectivity index (χ2v) is 6.25. The fourth-order valence-corrected chi connectivity index (χ4v) is 1.63. The van der Waals surface area contributed by atoms with Crippen LogP contribution in [0.3, 0.4) is 0 Å². The van der Waals surface area contributed by atoms with E-state index in [0.717, 1.165) is 17.3 Å². The average Bonchev–Trinajstić information content (AvgIpc) is 2.37. The molecule has 5 heteroatoms. The Bertz CT molecular complexity index is 463. The summed E-state index contributed by atoms with van der Waals surface area (Å²) >= 11 is 0. The fraction of sp³-hybridized carbons (Fsp3) is 0.667. The van der Waals surface area contributed by atoms with Gasteiger partial charge in [-0.05, 0) is 0 Å². The Balaban J connectivity index is 2.89. The van der Waals surface area contributed by atoms with Crippen molar-refractivity contribution in [2.75, 3.05) is 18.9 Å². The molecule has 1 heterocycles. The van der Waals surface area contributed by atoms with E-state index in [-0.39, 0.29) is 17.2 Å². The van der Waals surface area contributed by atoms with Gasteiger partial charge >= 0.3 is 0 Å². The fourth-order valence-electron chi connectivity index (χ4n) is 1.63. The third-order valence-electron chi connectivity index (χ3n) is 2.97. The molecule has 0 unspecified atom stereocenters. The summed E-state index contributed by atoms with van der Waals surface area (Å²) in [5, 5.41) is 5.81. The van der Waals surface area contributed by atoms with Crippen LogP contribution in [0.15, 0.2) is 6.07 Å². The van der Waals surface area contributed by atoms with Crippen LogP contribution in [-0.2, 0) is 10.2 Å². The summed E-state index contributed by atoms with van der Waals surface area (Å²) < 4.78 is 0. The molecule has 0 aromatic carbocycles. The van der Waals surface area contributed by atoms with E-state index in [1.807, 2.05) is 6.07 Å². The Kier molecular flexibility index (Phi) is 5.48. The summed E-state index contributed by atoms with van der Waals surface area (Å²) in [5.41, 5.74) is 0.989. The minimum Gasteiger partial charge on any atom is -0.369 e. The van der Waals surface area contributed by atoms with Gasteiger partial charge in [0.25, 0.3) is 0 Å². The first-order chi connectivity index (χ1) is 9.24. The van der Waals surface area contributed by atoms with E-state index in [4.69, 9.17) is 0 Å². The van der Waals surface area contributed by atoms with Crippen molar-refractivity contribution in [1.82, 2.24) is 15.3 Å². The SMILES string of the molecule is CNC(=O)CCNc1cc(C(C)(C)C)nc(C(C)C)n1. The van der Waals surface area contributed by atoms with E-state index in [9.17, 15) is 4.79 Å². The lowest BCUT2D eigenvalue weighted by atomic mass is 9.91. The molecule has 0 saturated heterocycles. The molecule has 0 aliphatic rings. The second-order valence-electron chi connectivity index (χ2n) is 6.25. The van der Waals surface area contributed by atoms with Crippen molar-refractivity contribution in [2.24, 2.45) is 0 Å². The summed E-state index contributed by atoms with van der Waals surface area (Å²) in [7, 11) is 1.64. The molecule has 1 aromatic rings. The topological polar surface area (TPSA) is 66.9 Å². The Labute approximate surface area is 121 Å². The molecule has 0 atom stereocenters. The number of rotatable bonds is 5. The first-order valence-electron chi connectivity index (χ1n) is 7.08. The number of carbonyl (C=O) groups excluding carboxylic acids is 1. The zero-order valence-corrected chi connectivity index (χ0v) is 13.4. The maximum absolute atomic E-state index is 11.2. The van der Waals surface area contributed by atoms with Crippen molar-refractivity contribution in [1.29, 1.82) is 0 Å². The quantitative estimate of drug-likeness (QED) is 0.868. The zero-order chi connectivity index (χ0) is 15.3. The summed E-state index contributed by atoms with van der Waals surface area (Å²) in [4.78, 5) is 20.4. The minimum absolute atomic E-state index is 0.0201. The maximum atomic E-state index is 11.2. The van der Waals surface area contributed by atoms with Gasteiger partial charge in [-0.25, -0.2) is 9.97 Å². The molecule has 20 heavy (non-hydrogen) atoms. The van der Waals surface area contributed by atoms with E-state index in [1.54, 1.807) is 7.05 Å². The first kappa shape index (κ1) is 16.4. The normalized spacial score (nSPS) is 11.6. The van der Waals surface area contributed by atoms with E-state index in [1.165, 1.54) is 0 Å². The Hall–Kier alpha value is -1.65. The highest BCUT2D eigenvalue weighted by molar-refractivity contribution is 5.76. The van der Waals surface area contributed by atoms with Crippen molar-refractivity contribution < 1.29 is 4.79 Å². The standard InChI is InChI=1S/C15H26N4O/c1-10(2)14-18-11(15(3,4)5)9-12(19-14)17-8-7-13(20)16-6/h9-10H,7-8H2,1-6H3,(H,16,20)(H,17,18,19). The van der Waals surface area contributed by atoms with Crippen LogP contribution in [0.5, 0.6) is 0 Å². The monoisotopic (exact) mass is 278 g/mol. The van der Waals surface area contributed by atoms with Crippen molar-refractivity contribution in [3.63, 3.8) is 0 Å². The molecule has 0 aliphatic carbocycles. The number of nitrogens with one attached hydrogen (secondary N) is 2. The van der Waals surface area contributed by atoms with Crippen LogP contribution < -0.4 is 10.6 Å². The first-order valence-corrected chi connectivity index (χ1v) is 7.08. The van der Waals surface area contributed by atoms with Gasteiger partial charge in [-0.1, -0.05) is 34.6 Å². The zero-order valence-electron chi connectivity index (χ0n) is 13.4. The third kappa shape index (κ3) is 4.79. The van der Waals surface area contributed by atoms with Gasteiger partial charge in [-0.3, -0.25) is 4.79 Å². The molecule has 0 saturated carbocycles. The van der Waals surface area contributed by atoms with Crippen molar-refractivity contribution in [2.45, 2.75) is 52.4 Å². The molecular formula is C15H26N4O. The highest BCUT2D eigenvalue weighted by Gasteiger charge is 2.18. The van der Waals surface area contributed by atoms with E-state index >= 15 is 0 Å². The number of hydrogen-bond acceptors (Lipinski definition) is 4. The van der Waals surface area contributed by atoms with Gasteiger partial charge in [0, 0.05) is 37.4 Å². The summed E-state index contributed by atoms with van der Waals surface area (Å²) in [6.07, 6.45) is 0.433. The van der Waals surface area contributed by atoms with Gasteiger partial charge in [0.2, 0.25) is 5.91 Å². The van der Waals surface area contributed by atoms with Gasteiger partial charge in [-0.15, -0.1) is 0 Å². The molecule has 0 spiro atoms. The lowest BCUT2D eigenvalue weighted by Gasteiger charge is -2.20. The molecule has 1 aromatic heterocycles. The smallest absolute Gasteiger partial charge is 0.221 e. The predicted molar refractivity (Wildman–Crippen MR) is 82.0 cm³/mol. The molecule has 0 bridgehead atoms. The van der Waals surface area contributed by atoms with Gasteiger partial charge in [0.05, 0.1) is 5.69 Å². The number of amides is 1. The highest BCUT2D eigenvalue weighted by atomic mass is 16.1. The van der Waals surface area contributed by atoms with Gasteiger partial charge < -0.3 is 10.6 Å². The van der Waals surface area contributed by atoms with Gasteiger partial charge in [0.15, 0.2) is 0 Å². The molecule has 2 N–H and O–H groups in total. The van der Waals surface area contributed by atoms with Crippen LogP contribution in [0, 0.1) is 0 Å². The molecule has 1 amide bonds. The van der Waals surface area contributed by atoms with Crippen LogP contribution in [0.25, 0.3) is 0 Å². The van der Waals surface area contributed by atoms with Crippen molar-refractivity contribution in [3.05, 3.63) is 17.6 Å². The summed E-state index contributed by atoms with van der Waals surface area (Å²) in [5.74, 6) is 1.92. The summed E-state index contributed by atoms with van der Waals surface area (Å²) in [6.45, 7) is 11.1. The van der Waals surface area contributed by atoms with Gasteiger partial charge in [0.1, 0.15) is 11.6 Å². The molecule has 112 valence electrons. The van der Waals surface area contributed by atoms with Crippen LogP contribution in [0.2, 0.25) is 0 Å². The molecule has 1 rings (SSSR count). The van der Waals surface area contributed by atoms with Crippen molar-refractivity contribution in [3.8, 4) is 0 Å². The molecule has 0 radical (unpaired) electrons. The second kappa shape index (κ2) is 6.68. The number of nitrogens with zero attached hydrogens (tertiary/aromatic N) is 2. The predicted octanol–water partition coefficient (Wildman–Crippen LogP) is 2.45. The Morgan fingerprint density at radius 2 is 1.95 bits per heavy atom. The van der Waals surface area contributed by atoms with E-state index in [0.29, 0.717) is 13.0 Å². The van der Waals surface area contributed by atoms with Crippen LogP contribution in [-0.4, -0.2) is 29.5 Å². The average molecular weight is 278 g/mol. The van der Waals surface area contributed by atoms with Crippen LogP contribution in [0.1, 0.15) is 58.5 Å². The number of aromatic nitrogens is 2. The van der Waals surface area contributed by atoms with Crippen molar-refractivity contribution >= 4 is 11.7 Å². The molecule has 5 nitrogen and oxygen atoms in total. The van der Waals surface area contributed by atoms with Crippen LogP contribution >= 0.6 is 0 Å². The highest BCUT2D eigenvalue weighted by Crippen LogP contribution is 2.24. The largest absolute Gasteiger partial charge is 0.369 e. The number of hydrogen-bond donors (Lipinski definition) is 2. The number of anilines is 1. The lowest BCUT2D eigenvalue weighted by molar-refractivity contribution is -0.120. The van der Waals surface area contributed by atoms with Crippen LogP contribution in [0.4, 0.5) is 5.82 Å². The summed E-state index contributed by atoms with van der Waals surface area (Å²) in [6, 6.07) is 1.97. The molecule has 0 fully saturated rings.